The Bertz CT molecular complexity index is 919. The first-order valence-corrected chi connectivity index (χ1v) is 10.1. The third-order valence-corrected chi connectivity index (χ3v) is 6.56. The highest BCUT2D eigenvalue weighted by Crippen LogP contribution is 2.54. The fourth-order valence-electron chi connectivity index (χ4n) is 3.94. The SMILES string of the molecule is COCC(=O)N1CCS[C@@]12C(=O)N(Cc1cccc(OC)c1)c1ccccc12. The average Bonchev–Trinajstić information content (AvgIpc) is 3.26. The molecule has 0 aliphatic carbocycles. The van der Waals surface area contributed by atoms with Crippen LogP contribution in [0.5, 0.6) is 5.75 Å². The zero-order chi connectivity index (χ0) is 19.7. The maximum Gasteiger partial charge on any atom is 0.268 e. The summed E-state index contributed by atoms with van der Waals surface area (Å²) in [6.07, 6.45) is 0. The molecule has 6 nitrogen and oxygen atoms in total. The van der Waals surface area contributed by atoms with Crippen LogP contribution in [0.1, 0.15) is 11.1 Å². The molecule has 2 aliphatic heterocycles. The van der Waals surface area contributed by atoms with Gasteiger partial charge in [0, 0.05) is 25.0 Å². The standard InChI is InChI=1S/C21H22N2O4S/c1-26-14-19(24)23-10-11-28-21(23)17-8-3-4-9-18(17)22(20(21)25)13-15-6-5-7-16(12-15)27-2/h3-9,12H,10-11,13-14H2,1-2H3/t21-/m0/s1. The highest BCUT2D eigenvalue weighted by atomic mass is 32.2. The van der Waals surface area contributed by atoms with Gasteiger partial charge < -0.3 is 19.3 Å². The van der Waals surface area contributed by atoms with E-state index in [0.717, 1.165) is 22.6 Å². The molecule has 0 unspecified atom stereocenters. The molecule has 146 valence electrons. The Morgan fingerprint density at radius 1 is 1.18 bits per heavy atom. The van der Waals surface area contributed by atoms with Crippen molar-refractivity contribution in [2.24, 2.45) is 0 Å². The number of thioether (sulfide) groups is 1. The van der Waals surface area contributed by atoms with Crippen LogP contribution >= 0.6 is 11.8 Å². The molecular formula is C21H22N2O4S. The monoisotopic (exact) mass is 398 g/mol. The molecule has 0 radical (unpaired) electrons. The number of hydrogen-bond donors (Lipinski definition) is 0. The highest BCUT2D eigenvalue weighted by molar-refractivity contribution is 8.01. The number of carbonyl (C=O) groups excluding carboxylic acids is 2. The zero-order valence-electron chi connectivity index (χ0n) is 15.9. The molecule has 1 atom stereocenters. The van der Waals surface area contributed by atoms with Gasteiger partial charge in [-0.05, 0) is 23.8 Å². The summed E-state index contributed by atoms with van der Waals surface area (Å²) >= 11 is 1.52. The highest BCUT2D eigenvalue weighted by Gasteiger charge is 2.59. The molecule has 2 aliphatic rings. The lowest BCUT2D eigenvalue weighted by molar-refractivity contribution is -0.143. The van der Waals surface area contributed by atoms with Gasteiger partial charge in [0.15, 0.2) is 4.87 Å². The van der Waals surface area contributed by atoms with Crippen molar-refractivity contribution in [2.45, 2.75) is 11.4 Å². The summed E-state index contributed by atoms with van der Waals surface area (Å²) in [6.45, 7) is 0.912. The summed E-state index contributed by atoms with van der Waals surface area (Å²) in [5.74, 6) is 1.21. The molecule has 28 heavy (non-hydrogen) atoms. The van der Waals surface area contributed by atoms with Crippen molar-refractivity contribution in [1.82, 2.24) is 4.90 Å². The molecule has 2 aromatic rings. The van der Waals surface area contributed by atoms with Gasteiger partial charge in [-0.25, -0.2) is 0 Å². The molecule has 0 aromatic heterocycles. The first kappa shape index (κ1) is 18.8. The van der Waals surface area contributed by atoms with Crippen LogP contribution in [0.25, 0.3) is 0 Å². The van der Waals surface area contributed by atoms with Gasteiger partial charge in [0.05, 0.1) is 19.3 Å². The second kappa shape index (κ2) is 7.48. The number of ether oxygens (including phenoxy) is 2. The van der Waals surface area contributed by atoms with Crippen LogP contribution < -0.4 is 9.64 Å². The van der Waals surface area contributed by atoms with Crippen LogP contribution in [0.3, 0.4) is 0 Å². The first-order chi connectivity index (χ1) is 13.6. The lowest BCUT2D eigenvalue weighted by Gasteiger charge is -2.33. The number of benzene rings is 2. The number of methoxy groups -OCH3 is 2. The van der Waals surface area contributed by atoms with Crippen molar-refractivity contribution in [3.63, 3.8) is 0 Å². The Labute approximate surface area is 168 Å². The van der Waals surface area contributed by atoms with Gasteiger partial charge in [0.1, 0.15) is 12.4 Å². The molecule has 0 N–H and O–H groups in total. The number of nitrogens with zero attached hydrogens (tertiary/aromatic N) is 2. The fourth-order valence-corrected chi connectivity index (χ4v) is 5.42. The van der Waals surface area contributed by atoms with Gasteiger partial charge in [0.2, 0.25) is 5.91 Å². The van der Waals surface area contributed by atoms with Crippen molar-refractivity contribution in [3.8, 4) is 5.75 Å². The number of fused-ring (bicyclic) bond motifs is 2. The fraction of sp³-hybridized carbons (Fsp3) is 0.333. The quantitative estimate of drug-likeness (QED) is 0.775. The summed E-state index contributed by atoms with van der Waals surface area (Å²) in [7, 11) is 3.12. The van der Waals surface area contributed by atoms with Crippen LogP contribution in [0.15, 0.2) is 48.5 Å². The Morgan fingerprint density at radius 3 is 2.79 bits per heavy atom. The van der Waals surface area contributed by atoms with E-state index in [9.17, 15) is 9.59 Å². The van der Waals surface area contributed by atoms with E-state index in [2.05, 4.69) is 0 Å². The number of rotatable bonds is 5. The maximum atomic E-state index is 13.7. The largest absolute Gasteiger partial charge is 0.497 e. The van der Waals surface area contributed by atoms with Crippen LogP contribution in [0.4, 0.5) is 5.69 Å². The Morgan fingerprint density at radius 2 is 2.00 bits per heavy atom. The number of para-hydroxylation sites is 1. The second-order valence-electron chi connectivity index (χ2n) is 6.73. The van der Waals surface area contributed by atoms with Crippen LogP contribution in [-0.2, 0) is 25.7 Å². The minimum Gasteiger partial charge on any atom is -0.497 e. The molecule has 1 spiro atoms. The smallest absolute Gasteiger partial charge is 0.268 e. The molecule has 1 fully saturated rings. The van der Waals surface area contributed by atoms with Crippen LogP contribution in [-0.4, -0.2) is 49.8 Å². The number of amides is 2. The van der Waals surface area contributed by atoms with E-state index in [1.807, 2.05) is 48.5 Å². The molecule has 0 bridgehead atoms. The molecule has 7 heteroatoms. The molecular weight excluding hydrogens is 376 g/mol. The lowest BCUT2D eigenvalue weighted by Crippen LogP contribution is -2.51. The van der Waals surface area contributed by atoms with E-state index in [0.29, 0.717) is 18.8 Å². The van der Waals surface area contributed by atoms with Crippen molar-refractivity contribution in [2.75, 3.05) is 38.0 Å². The van der Waals surface area contributed by atoms with E-state index < -0.39 is 4.87 Å². The summed E-state index contributed by atoms with van der Waals surface area (Å²) < 4.78 is 10.4. The molecule has 2 aromatic carbocycles. The summed E-state index contributed by atoms with van der Waals surface area (Å²) in [5, 5.41) is 0. The van der Waals surface area contributed by atoms with E-state index >= 15 is 0 Å². The Kier molecular flexibility index (Phi) is 5.03. The summed E-state index contributed by atoms with van der Waals surface area (Å²) in [6, 6.07) is 15.4. The van der Waals surface area contributed by atoms with E-state index in [4.69, 9.17) is 9.47 Å². The Balaban J connectivity index is 1.75. The normalized spacial score (nSPS) is 20.7. The predicted molar refractivity (Wildman–Crippen MR) is 108 cm³/mol. The maximum absolute atomic E-state index is 13.7. The molecule has 2 amide bonds. The van der Waals surface area contributed by atoms with Gasteiger partial charge >= 0.3 is 0 Å². The Hall–Kier alpha value is -2.51. The van der Waals surface area contributed by atoms with Crippen molar-refractivity contribution in [1.29, 1.82) is 0 Å². The minimum absolute atomic E-state index is 0.0341. The van der Waals surface area contributed by atoms with Crippen molar-refractivity contribution in [3.05, 3.63) is 59.7 Å². The van der Waals surface area contributed by atoms with Gasteiger partial charge in [-0.3, -0.25) is 9.59 Å². The summed E-state index contributed by atoms with van der Waals surface area (Å²) in [5.41, 5.74) is 2.69. The topological polar surface area (TPSA) is 59.1 Å². The van der Waals surface area contributed by atoms with Gasteiger partial charge in [-0.2, -0.15) is 0 Å². The lowest BCUT2D eigenvalue weighted by atomic mass is 10.1. The summed E-state index contributed by atoms with van der Waals surface area (Å²) in [4.78, 5) is 28.9. The van der Waals surface area contributed by atoms with Gasteiger partial charge in [-0.15, -0.1) is 11.8 Å². The van der Waals surface area contributed by atoms with Crippen molar-refractivity contribution < 1.29 is 19.1 Å². The van der Waals surface area contributed by atoms with Gasteiger partial charge in [-0.1, -0.05) is 30.3 Å². The molecule has 1 saturated heterocycles. The predicted octanol–water partition coefficient (Wildman–Crippen LogP) is 2.62. The minimum atomic E-state index is -1.01. The van der Waals surface area contributed by atoms with E-state index in [1.54, 1.807) is 16.9 Å². The third kappa shape index (κ3) is 2.86. The molecule has 0 saturated carbocycles. The molecule has 4 rings (SSSR count). The third-order valence-electron chi connectivity index (χ3n) is 5.14. The first-order valence-electron chi connectivity index (χ1n) is 9.09. The second-order valence-corrected chi connectivity index (χ2v) is 8.02. The van der Waals surface area contributed by atoms with Crippen LogP contribution in [0, 0.1) is 0 Å². The number of carbonyl (C=O) groups is 2. The number of anilines is 1. The van der Waals surface area contributed by atoms with E-state index in [1.165, 1.54) is 18.9 Å². The molecule has 2 heterocycles. The van der Waals surface area contributed by atoms with E-state index in [-0.39, 0.29) is 18.4 Å². The van der Waals surface area contributed by atoms with Gasteiger partial charge in [0.25, 0.3) is 5.91 Å². The van der Waals surface area contributed by atoms with Crippen molar-refractivity contribution >= 4 is 29.3 Å². The zero-order valence-corrected chi connectivity index (χ0v) is 16.7. The average molecular weight is 398 g/mol. The number of hydrogen-bond acceptors (Lipinski definition) is 5. The van der Waals surface area contributed by atoms with Crippen LogP contribution in [0.2, 0.25) is 0 Å².